The molecule has 0 saturated carbocycles. The van der Waals surface area contributed by atoms with Crippen LogP contribution in [0.3, 0.4) is 0 Å². The van der Waals surface area contributed by atoms with Crippen LogP contribution < -0.4 is 0 Å². The normalized spacial score (nSPS) is 16.0. The highest BCUT2D eigenvalue weighted by Gasteiger charge is 2.17. The fourth-order valence-electron chi connectivity index (χ4n) is 2.87. The maximum atomic E-state index is 12.7. The Labute approximate surface area is 143 Å². The van der Waals surface area contributed by atoms with Gasteiger partial charge in [0.05, 0.1) is 16.3 Å². The van der Waals surface area contributed by atoms with Crippen LogP contribution in [0, 0.1) is 6.92 Å². The number of aromatic amines is 1. The van der Waals surface area contributed by atoms with Gasteiger partial charge in [-0.3, -0.25) is 0 Å². The van der Waals surface area contributed by atoms with Gasteiger partial charge < -0.3 is 4.98 Å². The van der Waals surface area contributed by atoms with E-state index >= 15 is 0 Å². The van der Waals surface area contributed by atoms with E-state index in [4.69, 9.17) is 0 Å². The van der Waals surface area contributed by atoms with E-state index in [-0.39, 0.29) is 4.90 Å². The topological polar surface area (TPSA) is 62.3 Å². The molecule has 1 aromatic heterocycles. The Kier molecular flexibility index (Phi) is 5.00. The minimum atomic E-state index is -3.71. The van der Waals surface area contributed by atoms with Crippen molar-refractivity contribution in [3.63, 3.8) is 0 Å². The Hall–Kier alpha value is -2.14. The molecule has 0 unspecified atom stereocenters. The number of hydrogen-bond acceptors (Lipinski definition) is 2. The van der Waals surface area contributed by atoms with E-state index < -0.39 is 10.0 Å². The van der Waals surface area contributed by atoms with Crippen LogP contribution in [0.15, 0.2) is 63.5 Å². The summed E-state index contributed by atoms with van der Waals surface area (Å²) in [5, 5.41) is 0. The fraction of sp³-hybridized carbons (Fsp3) is 0.316. The molecule has 4 nitrogen and oxygen atoms in total. The summed E-state index contributed by atoms with van der Waals surface area (Å²) in [6.07, 6.45) is 9.04. The van der Waals surface area contributed by atoms with Crippen molar-refractivity contribution in [2.45, 2.75) is 43.9 Å². The van der Waals surface area contributed by atoms with E-state index in [1.807, 2.05) is 19.1 Å². The van der Waals surface area contributed by atoms with Crippen molar-refractivity contribution in [2.24, 2.45) is 4.40 Å². The van der Waals surface area contributed by atoms with E-state index in [1.54, 1.807) is 30.5 Å². The van der Waals surface area contributed by atoms with Crippen molar-refractivity contribution in [3.05, 3.63) is 65.5 Å². The van der Waals surface area contributed by atoms with Crippen molar-refractivity contribution in [1.29, 1.82) is 0 Å². The van der Waals surface area contributed by atoms with Crippen LogP contribution in [0.4, 0.5) is 0 Å². The van der Waals surface area contributed by atoms with Crippen molar-refractivity contribution in [3.8, 4) is 0 Å². The maximum Gasteiger partial charge on any atom is 0.282 e. The standard InChI is InChI=1S/C19H22N2O2S/c1-15-9-11-17(12-10-15)24(22,23)21-19(18-8-5-13-20-18)14-16-6-3-2-4-7-16/h5-6,8-13,20H,2-4,7,14H2,1H3/b21-19+. The lowest BCUT2D eigenvalue weighted by Gasteiger charge is -2.13. The first-order chi connectivity index (χ1) is 11.5. The predicted molar refractivity (Wildman–Crippen MR) is 96.9 cm³/mol. The number of rotatable bonds is 5. The third kappa shape index (κ3) is 4.03. The smallest absolute Gasteiger partial charge is 0.282 e. The lowest BCUT2D eigenvalue weighted by atomic mass is 9.95. The van der Waals surface area contributed by atoms with E-state index in [9.17, 15) is 8.42 Å². The van der Waals surface area contributed by atoms with Crippen molar-refractivity contribution < 1.29 is 8.42 Å². The molecule has 0 amide bonds. The molecule has 5 heteroatoms. The largest absolute Gasteiger partial charge is 0.360 e. The van der Waals surface area contributed by atoms with Crippen LogP contribution in [0.5, 0.6) is 0 Å². The van der Waals surface area contributed by atoms with Crippen LogP contribution in [-0.2, 0) is 10.0 Å². The van der Waals surface area contributed by atoms with Gasteiger partial charge in [0, 0.05) is 12.6 Å². The third-order valence-electron chi connectivity index (χ3n) is 4.24. The summed E-state index contributed by atoms with van der Waals surface area (Å²) >= 11 is 0. The zero-order chi connectivity index (χ0) is 17.0. The maximum absolute atomic E-state index is 12.7. The number of H-pyrrole nitrogens is 1. The second-order valence-electron chi connectivity index (χ2n) is 6.19. The Bertz CT molecular complexity index is 845. The predicted octanol–water partition coefficient (Wildman–Crippen LogP) is 4.39. The average molecular weight is 342 g/mol. The average Bonchev–Trinajstić information content (AvgIpc) is 3.10. The Morgan fingerprint density at radius 3 is 2.58 bits per heavy atom. The van der Waals surface area contributed by atoms with Gasteiger partial charge >= 0.3 is 0 Å². The molecule has 0 fully saturated rings. The van der Waals surface area contributed by atoms with Crippen molar-refractivity contribution in [1.82, 2.24) is 4.98 Å². The summed E-state index contributed by atoms with van der Waals surface area (Å²) in [5.41, 5.74) is 3.63. The summed E-state index contributed by atoms with van der Waals surface area (Å²) in [5.74, 6) is 0. The first kappa shape index (κ1) is 16.7. The van der Waals surface area contributed by atoms with E-state index in [0.29, 0.717) is 12.1 Å². The van der Waals surface area contributed by atoms with Gasteiger partial charge in [-0.05, 0) is 56.9 Å². The molecule has 1 aliphatic rings. The zero-order valence-electron chi connectivity index (χ0n) is 13.8. The van der Waals surface area contributed by atoms with Gasteiger partial charge in [-0.25, -0.2) is 0 Å². The van der Waals surface area contributed by atoms with Crippen LogP contribution in [0.1, 0.15) is 43.4 Å². The third-order valence-corrected chi connectivity index (χ3v) is 5.57. The lowest BCUT2D eigenvalue weighted by Crippen LogP contribution is -2.09. The molecule has 0 radical (unpaired) electrons. The van der Waals surface area contributed by atoms with Gasteiger partial charge in [0.25, 0.3) is 10.0 Å². The SMILES string of the molecule is Cc1ccc(S(=O)(=O)/N=C(\CC2=CCCCC2)c2ccc[nH]2)cc1. The minimum Gasteiger partial charge on any atom is -0.360 e. The number of hydrogen-bond donors (Lipinski definition) is 1. The number of benzene rings is 1. The molecule has 1 aromatic carbocycles. The summed E-state index contributed by atoms with van der Waals surface area (Å²) in [4.78, 5) is 3.32. The number of aryl methyl sites for hydroxylation is 1. The molecule has 126 valence electrons. The monoisotopic (exact) mass is 342 g/mol. The molecule has 0 aliphatic heterocycles. The zero-order valence-corrected chi connectivity index (χ0v) is 14.6. The Morgan fingerprint density at radius 2 is 1.96 bits per heavy atom. The van der Waals surface area contributed by atoms with Gasteiger partial charge in [0.2, 0.25) is 0 Å². The second kappa shape index (κ2) is 7.18. The number of allylic oxidation sites excluding steroid dienone is 2. The molecule has 0 bridgehead atoms. The molecule has 1 N–H and O–H groups in total. The van der Waals surface area contributed by atoms with Gasteiger partial charge in [-0.15, -0.1) is 0 Å². The molecule has 1 aliphatic carbocycles. The summed E-state index contributed by atoms with van der Waals surface area (Å²) < 4.78 is 29.5. The molecular weight excluding hydrogens is 320 g/mol. The second-order valence-corrected chi connectivity index (χ2v) is 7.80. The summed E-state index contributed by atoms with van der Waals surface area (Å²) in [7, 11) is -3.71. The Balaban J connectivity index is 1.96. The number of nitrogens with zero attached hydrogens (tertiary/aromatic N) is 1. The van der Waals surface area contributed by atoms with E-state index in [2.05, 4.69) is 15.5 Å². The van der Waals surface area contributed by atoms with Crippen LogP contribution in [-0.4, -0.2) is 19.1 Å². The summed E-state index contributed by atoms with van der Waals surface area (Å²) in [6.45, 7) is 1.93. The van der Waals surface area contributed by atoms with Crippen molar-refractivity contribution >= 4 is 15.7 Å². The van der Waals surface area contributed by atoms with Crippen LogP contribution in [0.25, 0.3) is 0 Å². The van der Waals surface area contributed by atoms with Gasteiger partial charge in [-0.1, -0.05) is 29.3 Å². The first-order valence-corrected chi connectivity index (χ1v) is 9.71. The molecular formula is C19H22N2O2S. The highest BCUT2D eigenvalue weighted by Crippen LogP contribution is 2.23. The van der Waals surface area contributed by atoms with Gasteiger partial charge in [-0.2, -0.15) is 12.8 Å². The van der Waals surface area contributed by atoms with E-state index in [1.165, 1.54) is 12.0 Å². The van der Waals surface area contributed by atoms with Gasteiger partial charge in [0.1, 0.15) is 0 Å². The first-order valence-electron chi connectivity index (χ1n) is 8.27. The molecule has 0 spiro atoms. The number of aromatic nitrogens is 1. The van der Waals surface area contributed by atoms with Crippen LogP contribution >= 0.6 is 0 Å². The quantitative estimate of drug-likeness (QED) is 0.647. The molecule has 1 heterocycles. The van der Waals surface area contributed by atoms with Crippen LogP contribution in [0.2, 0.25) is 0 Å². The number of nitrogens with one attached hydrogen (secondary N) is 1. The lowest BCUT2D eigenvalue weighted by molar-refractivity contribution is 0.598. The molecule has 0 saturated heterocycles. The molecule has 2 aromatic rings. The summed E-state index contributed by atoms with van der Waals surface area (Å²) in [6, 6.07) is 10.5. The molecule has 24 heavy (non-hydrogen) atoms. The molecule has 3 rings (SSSR count). The Morgan fingerprint density at radius 1 is 1.17 bits per heavy atom. The van der Waals surface area contributed by atoms with Gasteiger partial charge in [0.15, 0.2) is 0 Å². The highest BCUT2D eigenvalue weighted by molar-refractivity contribution is 7.90. The minimum absolute atomic E-state index is 0.231. The molecule has 0 atom stereocenters. The van der Waals surface area contributed by atoms with E-state index in [0.717, 1.165) is 30.5 Å². The number of sulfonamides is 1. The highest BCUT2D eigenvalue weighted by atomic mass is 32.2. The fourth-order valence-corrected chi connectivity index (χ4v) is 3.91. The van der Waals surface area contributed by atoms with Crippen molar-refractivity contribution in [2.75, 3.05) is 0 Å².